The van der Waals surface area contributed by atoms with Gasteiger partial charge in [0.2, 0.25) is 0 Å². The maximum absolute atomic E-state index is 12.9. The lowest BCUT2D eigenvalue weighted by atomic mass is 9.93. The van der Waals surface area contributed by atoms with Gasteiger partial charge in [-0.05, 0) is 44.1 Å². The molecule has 2 aromatic heterocycles. The Kier molecular flexibility index (Phi) is 4.13. The summed E-state index contributed by atoms with van der Waals surface area (Å²) in [6, 6.07) is 2.73. The van der Waals surface area contributed by atoms with E-state index in [0.29, 0.717) is 5.69 Å². The number of H-pyrrole nitrogens is 1. The first kappa shape index (κ1) is 16.5. The van der Waals surface area contributed by atoms with Crippen LogP contribution in [0.15, 0.2) is 17.6 Å². The molecule has 3 atom stereocenters. The highest BCUT2D eigenvalue weighted by atomic mass is 32.1. The summed E-state index contributed by atoms with van der Waals surface area (Å²) in [7, 11) is 0. The third kappa shape index (κ3) is 2.89. The van der Waals surface area contributed by atoms with Crippen molar-refractivity contribution < 1.29 is 4.79 Å². The van der Waals surface area contributed by atoms with Gasteiger partial charge in [-0.2, -0.15) is 0 Å². The summed E-state index contributed by atoms with van der Waals surface area (Å²) in [6.45, 7) is 5.74. The van der Waals surface area contributed by atoms with Gasteiger partial charge in [0.05, 0.1) is 10.7 Å². The molecule has 0 spiro atoms. The van der Waals surface area contributed by atoms with Crippen LogP contribution in [-0.2, 0) is 0 Å². The summed E-state index contributed by atoms with van der Waals surface area (Å²) in [5.41, 5.74) is 2.63. The summed E-state index contributed by atoms with van der Waals surface area (Å²) in [5, 5.41) is 3.09. The van der Waals surface area contributed by atoms with Crippen LogP contribution in [0.5, 0.6) is 0 Å². The first-order valence-electron chi connectivity index (χ1n) is 9.81. The minimum atomic E-state index is 0.121. The van der Waals surface area contributed by atoms with Crippen LogP contribution in [0.2, 0.25) is 0 Å². The standard InChI is InChI=1S/C20H26N4OS/c1-13-22-18(12-26-13)16-10-17(21-11-16)20(25)24-6-4-23(5-7-24)19-9-14-2-3-15(19)8-14/h10-12,14-15,19,21H,2-9H2,1H3/t14-,15+,19-/m1/s1. The van der Waals surface area contributed by atoms with Crippen LogP contribution in [0.3, 0.4) is 0 Å². The van der Waals surface area contributed by atoms with Gasteiger partial charge in [0, 0.05) is 49.4 Å². The maximum Gasteiger partial charge on any atom is 0.270 e. The molecule has 0 aromatic carbocycles. The molecule has 2 saturated carbocycles. The predicted molar refractivity (Wildman–Crippen MR) is 103 cm³/mol. The van der Waals surface area contributed by atoms with Crippen molar-refractivity contribution in [2.45, 2.75) is 38.6 Å². The van der Waals surface area contributed by atoms with E-state index in [4.69, 9.17) is 0 Å². The topological polar surface area (TPSA) is 52.2 Å². The minimum Gasteiger partial charge on any atom is -0.357 e. The summed E-state index contributed by atoms with van der Waals surface area (Å²) in [6.07, 6.45) is 7.62. The van der Waals surface area contributed by atoms with Gasteiger partial charge >= 0.3 is 0 Å². The van der Waals surface area contributed by atoms with E-state index < -0.39 is 0 Å². The number of nitrogens with zero attached hydrogens (tertiary/aromatic N) is 3. The second-order valence-corrected chi connectivity index (χ2v) is 9.19. The van der Waals surface area contributed by atoms with Gasteiger partial charge in [0.1, 0.15) is 5.69 Å². The zero-order chi connectivity index (χ0) is 17.7. The average Bonchev–Trinajstić information content (AvgIpc) is 3.44. The van der Waals surface area contributed by atoms with Gasteiger partial charge in [-0.1, -0.05) is 6.42 Å². The van der Waals surface area contributed by atoms with Gasteiger partial charge in [-0.25, -0.2) is 4.98 Å². The van der Waals surface area contributed by atoms with Crippen molar-refractivity contribution in [2.75, 3.05) is 26.2 Å². The highest BCUT2D eigenvalue weighted by molar-refractivity contribution is 7.09. The zero-order valence-corrected chi connectivity index (χ0v) is 16.1. The molecule has 5 nitrogen and oxygen atoms in total. The van der Waals surface area contributed by atoms with Crippen molar-refractivity contribution >= 4 is 17.2 Å². The van der Waals surface area contributed by atoms with Crippen LogP contribution < -0.4 is 0 Å². The smallest absolute Gasteiger partial charge is 0.270 e. The average molecular weight is 371 g/mol. The highest BCUT2D eigenvalue weighted by Crippen LogP contribution is 2.46. The number of hydrogen-bond acceptors (Lipinski definition) is 4. The van der Waals surface area contributed by atoms with E-state index in [1.165, 1.54) is 25.7 Å². The van der Waals surface area contributed by atoms with Crippen molar-refractivity contribution in [3.63, 3.8) is 0 Å². The molecule has 3 heterocycles. The highest BCUT2D eigenvalue weighted by Gasteiger charge is 2.43. The maximum atomic E-state index is 12.9. The first-order valence-corrected chi connectivity index (χ1v) is 10.7. The molecule has 2 aliphatic carbocycles. The van der Waals surface area contributed by atoms with E-state index in [2.05, 4.69) is 14.9 Å². The molecule has 3 fully saturated rings. The number of nitrogens with one attached hydrogen (secondary N) is 1. The molecule has 0 radical (unpaired) electrons. The van der Waals surface area contributed by atoms with Crippen molar-refractivity contribution in [1.29, 1.82) is 0 Å². The summed E-state index contributed by atoms with van der Waals surface area (Å²) in [5.74, 6) is 2.03. The molecule has 1 aliphatic heterocycles. The molecular weight excluding hydrogens is 344 g/mol. The number of aryl methyl sites for hydroxylation is 1. The number of carbonyl (C=O) groups excluding carboxylic acids is 1. The lowest BCUT2D eigenvalue weighted by Crippen LogP contribution is -2.53. The molecule has 1 N–H and O–H groups in total. The van der Waals surface area contributed by atoms with Crippen LogP contribution in [0, 0.1) is 18.8 Å². The van der Waals surface area contributed by atoms with Crippen LogP contribution in [0.1, 0.15) is 41.2 Å². The van der Waals surface area contributed by atoms with Crippen molar-refractivity contribution in [2.24, 2.45) is 11.8 Å². The molecule has 26 heavy (non-hydrogen) atoms. The fraction of sp³-hybridized carbons (Fsp3) is 0.600. The molecular formula is C20H26N4OS. The van der Waals surface area contributed by atoms with E-state index in [1.807, 2.05) is 29.5 Å². The summed E-state index contributed by atoms with van der Waals surface area (Å²) >= 11 is 1.64. The van der Waals surface area contributed by atoms with E-state index in [-0.39, 0.29) is 5.91 Å². The monoisotopic (exact) mass is 370 g/mol. The third-order valence-electron chi connectivity index (χ3n) is 6.60. The van der Waals surface area contributed by atoms with Crippen LogP contribution in [-0.4, -0.2) is 57.9 Å². The molecule has 1 amide bonds. The molecule has 6 heteroatoms. The van der Waals surface area contributed by atoms with E-state index in [0.717, 1.165) is 60.3 Å². The number of rotatable bonds is 3. The molecule has 138 valence electrons. The minimum absolute atomic E-state index is 0.121. The SMILES string of the molecule is Cc1nc(-c2c[nH]c(C(=O)N3CCN([C@@H]4C[C@@H]5CC[C@H]4C5)CC3)c2)cs1. The summed E-state index contributed by atoms with van der Waals surface area (Å²) < 4.78 is 0. The van der Waals surface area contributed by atoms with Crippen molar-refractivity contribution in [3.8, 4) is 11.3 Å². The van der Waals surface area contributed by atoms with Crippen molar-refractivity contribution in [1.82, 2.24) is 19.8 Å². The van der Waals surface area contributed by atoms with Gasteiger partial charge in [-0.3, -0.25) is 9.69 Å². The Hall–Kier alpha value is -1.66. The molecule has 5 rings (SSSR count). The number of carbonyl (C=O) groups is 1. The third-order valence-corrected chi connectivity index (χ3v) is 7.37. The number of thiazole rings is 1. The fourth-order valence-corrected chi connectivity index (χ4v) is 5.87. The lowest BCUT2D eigenvalue weighted by molar-refractivity contribution is 0.0492. The number of hydrogen-bond donors (Lipinski definition) is 1. The first-order chi connectivity index (χ1) is 12.7. The Labute approximate surface area is 158 Å². The molecule has 1 saturated heterocycles. The second kappa shape index (κ2) is 6.50. The second-order valence-electron chi connectivity index (χ2n) is 8.12. The number of fused-ring (bicyclic) bond motifs is 2. The Morgan fingerprint density at radius 1 is 1.23 bits per heavy atom. The zero-order valence-electron chi connectivity index (χ0n) is 15.3. The largest absolute Gasteiger partial charge is 0.357 e. The van der Waals surface area contributed by atoms with Crippen LogP contribution >= 0.6 is 11.3 Å². The van der Waals surface area contributed by atoms with Crippen LogP contribution in [0.25, 0.3) is 11.3 Å². The molecule has 3 aliphatic rings. The van der Waals surface area contributed by atoms with Crippen molar-refractivity contribution in [3.05, 3.63) is 28.3 Å². The van der Waals surface area contributed by atoms with Gasteiger partial charge in [0.15, 0.2) is 0 Å². The Morgan fingerprint density at radius 3 is 2.73 bits per heavy atom. The van der Waals surface area contributed by atoms with Gasteiger partial charge < -0.3 is 9.88 Å². The summed E-state index contributed by atoms with van der Waals surface area (Å²) in [4.78, 5) is 25.2. The fourth-order valence-electron chi connectivity index (χ4n) is 5.25. The Bertz CT molecular complexity index is 804. The Morgan fingerprint density at radius 2 is 2.08 bits per heavy atom. The predicted octanol–water partition coefficient (Wildman–Crippen LogP) is 3.39. The van der Waals surface area contributed by atoms with E-state index in [9.17, 15) is 4.79 Å². The quantitative estimate of drug-likeness (QED) is 0.901. The number of piperazine rings is 1. The Balaban J connectivity index is 1.21. The number of amides is 1. The lowest BCUT2D eigenvalue weighted by Gasteiger charge is -2.40. The number of aromatic amines is 1. The van der Waals surface area contributed by atoms with E-state index >= 15 is 0 Å². The molecule has 2 aromatic rings. The molecule has 0 unspecified atom stereocenters. The molecule has 2 bridgehead atoms. The normalized spacial score (nSPS) is 28.8. The van der Waals surface area contributed by atoms with Gasteiger partial charge in [0.25, 0.3) is 5.91 Å². The van der Waals surface area contributed by atoms with E-state index in [1.54, 1.807) is 11.3 Å². The van der Waals surface area contributed by atoms with Gasteiger partial charge in [-0.15, -0.1) is 11.3 Å². The number of aromatic nitrogens is 2. The van der Waals surface area contributed by atoms with Crippen LogP contribution in [0.4, 0.5) is 0 Å².